The highest BCUT2D eigenvalue weighted by Gasteiger charge is 2.05. The molecule has 0 bridgehead atoms. The third-order valence-corrected chi connectivity index (χ3v) is 3.76. The van der Waals surface area contributed by atoms with Crippen molar-refractivity contribution in [3.05, 3.63) is 58.6 Å². The van der Waals surface area contributed by atoms with E-state index in [0.717, 1.165) is 10.6 Å². The summed E-state index contributed by atoms with van der Waals surface area (Å²) in [6.07, 6.45) is 3.30. The number of thiophene rings is 1. The maximum atomic E-state index is 11.9. The van der Waals surface area contributed by atoms with Crippen LogP contribution in [-0.4, -0.2) is 26.1 Å². The zero-order valence-corrected chi connectivity index (χ0v) is 12.6. The Morgan fingerprint density at radius 2 is 2.23 bits per heavy atom. The maximum Gasteiger partial charge on any atom is 0.248 e. The summed E-state index contributed by atoms with van der Waals surface area (Å²) in [4.78, 5) is 13.0. The van der Waals surface area contributed by atoms with Gasteiger partial charge in [-0.1, -0.05) is 12.1 Å². The predicted octanol–water partition coefficient (Wildman–Crippen LogP) is 2.68. The van der Waals surface area contributed by atoms with Crippen LogP contribution in [0.2, 0.25) is 0 Å². The first-order valence-electron chi connectivity index (χ1n) is 6.60. The van der Waals surface area contributed by atoms with E-state index in [9.17, 15) is 4.79 Å². The van der Waals surface area contributed by atoms with Gasteiger partial charge < -0.3 is 5.32 Å². The molecule has 3 aromatic rings. The Kier molecular flexibility index (Phi) is 4.06. The Morgan fingerprint density at radius 1 is 1.32 bits per heavy atom. The molecular formula is C15H13N5OS. The van der Waals surface area contributed by atoms with Crippen molar-refractivity contribution in [3.8, 4) is 5.69 Å². The molecule has 0 radical (unpaired) electrons. The molecule has 22 heavy (non-hydrogen) atoms. The van der Waals surface area contributed by atoms with E-state index in [0.29, 0.717) is 11.5 Å². The van der Waals surface area contributed by atoms with Crippen molar-refractivity contribution >= 4 is 29.0 Å². The summed E-state index contributed by atoms with van der Waals surface area (Å²) >= 11 is 1.58. The number of tetrazole rings is 1. The fraction of sp³-hybridized carbons (Fsp3) is 0.0667. The zero-order valence-electron chi connectivity index (χ0n) is 11.8. The lowest BCUT2D eigenvalue weighted by Crippen LogP contribution is -2.08. The minimum absolute atomic E-state index is 0.181. The highest BCUT2D eigenvalue weighted by Crippen LogP contribution is 2.15. The Bertz CT molecular complexity index is 807. The Balaban J connectivity index is 1.73. The lowest BCUT2D eigenvalue weighted by molar-refractivity contribution is -0.111. The second-order valence-electron chi connectivity index (χ2n) is 4.53. The molecule has 0 atom stereocenters. The predicted molar refractivity (Wildman–Crippen MR) is 85.9 cm³/mol. The first-order chi connectivity index (χ1) is 10.7. The molecule has 1 aromatic carbocycles. The summed E-state index contributed by atoms with van der Waals surface area (Å²) < 4.78 is 1.61. The topological polar surface area (TPSA) is 72.7 Å². The number of benzene rings is 1. The van der Waals surface area contributed by atoms with Crippen LogP contribution >= 0.6 is 11.3 Å². The first kappa shape index (κ1) is 14.2. The van der Waals surface area contributed by atoms with Crippen LogP contribution in [0.4, 0.5) is 5.69 Å². The van der Waals surface area contributed by atoms with Gasteiger partial charge in [0.05, 0.1) is 5.69 Å². The molecule has 2 aromatic heterocycles. The molecule has 110 valence electrons. The van der Waals surface area contributed by atoms with Crippen LogP contribution in [0.25, 0.3) is 11.8 Å². The number of carbonyl (C=O) groups excluding carboxylic acids is 1. The van der Waals surface area contributed by atoms with E-state index in [4.69, 9.17) is 0 Å². The van der Waals surface area contributed by atoms with Gasteiger partial charge in [0.1, 0.15) is 0 Å². The van der Waals surface area contributed by atoms with E-state index in [1.54, 1.807) is 22.1 Å². The number of hydrogen-bond donors (Lipinski definition) is 1. The van der Waals surface area contributed by atoms with Gasteiger partial charge in [-0.05, 0) is 53.1 Å². The average Bonchev–Trinajstić information content (AvgIpc) is 3.16. The molecule has 0 spiro atoms. The maximum absolute atomic E-state index is 11.9. The number of nitrogens with one attached hydrogen (secondary N) is 1. The summed E-state index contributed by atoms with van der Waals surface area (Å²) in [6, 6.07) is 11.3. The van der Waals surface area contributed by atoms with Crippen LogP contribution in [0.5, 0.6) is 0 Å². The van der Waals surface area contributed by atoms with Crippen LogP contribution in [0, 0.1) is 6.92 Å². The molecule has 2 heterocycles. The minimum Gasteiger partial charge on any atom is -0.322 e. The lowest BCUT2D eigenvalue weighted by Gasteiger charge is -2.06. The number of amides is 1. The van der Waals surface area contributed by atoms with Gasteiger partial charge in [0.25, 0.3) is 0 Å². The van der Waals surface area contributed by atoms with Crippen LogP contribution in [0.3, 0.4) is 0 Å². The van der Waals surface area contributed by atoms with E-state index in [2.05, 4.69) is 20.8 Å². The number of aryl methyl sites for hydroxylation is 1. The van der Waals surface area contributed by atoms with E-state index in [1.807, 2.05) is 48.7 Å². The smallest absolute Gasteiger partial charge is 0.248 e. The standard InChI is InChI=1S/C15H13N5OS/c1-11-17-18-19-20(11)13-5-2-4-12(10-13)16-15(21)8-7-14-6-3-9-22-14/h2-10H,1H3,(H,16,21)/b8-7+. The first-order valence-corrected chi connectivity index (χ1v) is 7.48. The largest absolute Gasteiger partial charge is 0.322 e. The van der Waals surface area contributed by atoms with Crippen LogP contribution < -0.4 is 5.32 Å². The van der Waals surface area contributed by atoms with Crippen molar-refractivity contribution in [2.24, 2.45) is 0 Å². The molecule has 0 unspecified atom stereocenters. The van der Waals surface area contributed by atoms with E-state index in [1.165, 1.54) is 6.08 Å². The highest BCUT2D eigenvalue weighted by molar-refractivity contribution is 7.10. The van der Waals surface area contributed by atoms with Crippen molar-refractivity contribution in [1.82, 2.24) is 20.2 Å². The van der Waals surface area contributed by atoms with Gasteiger partial charge in [-0.15, -0.1) is 16.4 Å². The highest BCUT2D eigenvalue weighted by atomic mass is 32.1. The van der Waals surface area contributed by atoms with Crippen molar-refractivity contribution < 1.29 is 4.79 Å². The second-order valence-corrected chi connectivity index (χ2v) is 5.51. The number of hydrogen-bond acceptors (Lipinski definition) is 5. The van der Waals surface area contributed by atoms with Crippen molar-refractivity contribution in [3.63, 3.8) is 0 Å². The van der Waals surface area contributed by atoms with Gasteiger partial charge in [-0.25, -0.2) is 0 Å². The summed E-state index contributed by atoms with van der Waals surface area (Å²) in [6.45, 7) is 1.81. The van der Waals surface area contributed by atoms with Crippen molar-refractivity contribution in [1.29, 1.82) is 0 Å². The number of anilines is 1. The molecule has 0 saturated carbocycles. The van der Waals surface area contributed by atoms with Crippen molar-refractivity contribution in [2.45, 2.75) is 6.92 Å². The van der Waals surface area contributed by atoms with Gasteiger partial charge in [0.2, 0.25) is 5.91 Å². The number of rotatable bonds is 4. The number of aromatic nitrogens is 4. The molecule has 7 heteroatoms. The molecule has 0 saturated heterocycles. The van der Waals surface area contributed by atoms with Gasteiger partial charge in [0.15, 0.2) is 5.82 Å². The third-order valence-electron chi connectivity index (χ3n) is 2.93. The summed E-state index contributed by atoms with van der Waals surface area (Å²) in [5.74, 6) is 0.500. The van der Waals surface area contributed by atoms with Crippen LogP contribution in [0.1, 0.15) is 10.7 Å². The van der Waals surface area contributed by atoms with Gasteiger partial charge in [0, 0.05) is 16.6 Å². The van der Waals surface area contributed by atoms with Crippen LogP contribution in [-0.2, 0) is 4.79 Å². The van der Waals surface area contributed by atoms with Gasteiger partial charge >= 0.3 is 0 Å². The Labute approximate surface area is 131 Å². The van der Waals surface area contributed by atoms with Gasteiger partial charge in [-0.3, -0.25) is 4.79 Å². The number of nitrogens with zero attached hydrogens (tertiary/aromatic N) is 4. The van der Waals surface area contributed by atoms with E-state index < -0.39 is 0 Å². The fourth-order valence-electron chi connectivity index (χ4n) is 1.91. The SMILES string of the molecule is Cc1nnnn1-c1cccc(NC(=O)/C=C/c2cccs2)c1. The molecule has 6 nitrogen and oxygen atoms in total. The molecule has 1 N–H and O–H groups in total. The van der Waals surface area contributed by atoms with Crippen LogP contribution in [0.15, 0.2) is 47.9 Å². The molecule has 1 amide bonds. The number of carbonyl (C=O) groups is 1. The van der Waals surface area contributed by atoms with Crippen molar-refractivity contribution in [2.75, 3.05) is 5.32 Å². The Morgan fingerprint density at radius 3 is 2.95 bits per heavy atom. The molecule has 0 aliphatic carbocycles. The summed E-state index contributed by atoms with van der Waals surface area (Å²) in [5, 5.41) is 16.2. The summed E-state index contributed by atoms with van der Waals surface area (Å²) in [5.41, 5.74) is 1.48. The molecule has 3 rings (SSSR count). The van der Waals surface area contributed by atoms with E-state index >= 15 is 0 Å². The second kappa shape index (κ2) is 6.31. The monoisotopic (exact) mass is 311 g/mol. The molecule has 0 fully saturated rings. The molecular weight excluding hydrogens is 298 g/mol. The third kappa shape index (κ3) is 3.26. The van der Waals surface area contributed by atoms with Gasteiger partial charge in [-0.2, -0.15) is 4.68 Å². The minimum atomic E-state index is -0.181. The lowest BCUT2D eigenvalue weighted by atomic mass is 10.2. The zero-order chi connectivity index (χ0) is 15.4. The Hall–Kier alpha value is -2.80. The average molecular weight is 311 g/mol. The molecule has 0 aliphatic rings. The quantitative estimate of drug-likeness (QED) is 0.752. The normalized spacial score (nSPS) is 11.0. The molecule has 0 aliphatic heterocycles. The fourth-order valence-corrected chi connectivity index (χ4v) is 2.53. The van der Waals surface area contributed by atoms with E-state index in [-0.39, 0.29) is 5.91 Å². The summed E-state index contributed by atoms with van der Waals surface area (Å²) in [7, 11) is 0.